The molecule has 1 aromatic heterocycles. The topological polar surface area (TPSA) is 37.3 Å². The van der Waals surface area contributed by atoms with Crippen LogP contribution in [0.4, 0.5) is 5.69 Å². The van der Waals surface area contributed by atoms with Crippen molar-refractivity contribution in [3.05, 3.63) is 64.8 Å². The van der Waals surface area contributed by atoms with Crippen LogP contribution in [0.2, 0.25) is 5.02 Å². The molecule has 1 heterocycles. The van der Waals surface area contributed by atoms with E-state index in [1.807, 2.05) is 74.2 Å². The molecule has 0 fully saturated rings. The number of para-hydroxylation sites is 1. The number of aromatic nitrogens is 1. The summed E-state index contributed by atoms with van der Waals surface area (Å²) in [6.45, 7) is 0.818. The quantitative estimate of drug-likeness (QED) is 0.774. The number of benzene rings is 2. The molecular weight excluding hydrogens is 322 g/mol. The van der Waals surface area contributed by atoms with Gasteiger partial charge in [0.05, 0.1) is 5.02 Å². The summed E-state index contributed by atoms with van der Waals surface area (Å²) in [5.74, 6) is -0.208. The van der Waals surface area contributed by atoms with Crippen LogP contribution >= 0.6 is 11.6 Å². The average molecular weight is 342 g/mol. The summed E-state index contributed by atoms with van der Waals surface area (Å²) in [6.07, 6.45) is 0. The zero-order valence-electron chi connectivity index (χ0n) is 14.0. The van der Waals surface area contributed by atoms with Gasteiger partial charge in [0.15, 0.2) is 0 Å². The first-order chi connectivity index (χ1) is 11.5. The third-order valence-electron chi connectivity index (χ3n) is 3.94. The van der Waals surface area contributed by atoms with E-state index < -0.39 is 0 Å². The number of halogens is 1. The van der Waals surface area contributed by atoms with E-state index in [9.17, 15) is 4.79 Å². The Kier molecular flexibility index (Phi) is 4.60. The number of aryl methyl sites for hydroxylation is 1. The number of fused-ring (bicyclic) bond motifs is 1. The number of nitrogens with zero attached hydrogens (tertiary/aromatic N) is 2. The van der Waals surface area contributed by atoms with Crippen LogP contribution in [0.3, 0.4) is 0 Å². The number of rotatable bonds is 4. The van der Waals surface area contributed by atoms with Gasteiger partial charge in [-0.1, -0.05) is 41.9 Å². The molecule has 0 aliphatic rings. The molecule has 3 rings (SSSR count). The van der Waals surface area contributed by atoms with Crippen molar-refractivity contribution in [2.45, 2.75) is 6.54 Å². The lowest BCUT2D eigenvalue weighted by atomic mass is 10.2. The normalized spacial score (nSPS) is 11.2. The van der Waals surface area contributed by atoms with Crippen LogP contribution in [0.5, 0.6) is 0 Å². The van der Waals surface area contributed by atoms with Crippen LogP contribution < -0.4 is 5.32 Å². The van der Waals surface area contributed by atoms with Gasteiger partial charge in [-0.25, -0.2) is 0 Å². The van der Waals surface area contributed by atoms with Crippen molar-refractivity contribution in [3.8, 4) is 0 Å². The van der Waals surface area contributed by atoms with Gasteiger partial charge in [0, 0.05) is 30.2 Å². The summed E-state index contributed by atoms with van der Waals surface area (Å²) in [4.78, 5) is 14.8. The van der Waals surface area contributed by atoms with E-state index in [1.54, 1.807) is 0 Å². The first kappa shape index (κ1) is 16.6. The van der Waals surface area contributed by atoms with Gasteiger partial charge in [-0.05, 0) is 37.9 Å². The number of hydrogen-bond acceptors (Lipinski definition) is 2. The van der Waals surface area contributed by atoms with Gasteiger partial charge in [0.2, 0.25) is 0 Å². The van der Waals surface area contributed by atoms with Crippen LogP contribution in [0.15, 0.2) is 48.5 Å². The highest BCUT2D eigenvalue weighted by atomic mass is 35.5. The molecule has 0 saturated heterocycles. The number of amides is 1. The summed E-state index contributed by atoms with van der Waals surface area (Å²) in [6, 6.07) is 15.6. The molecule has 124 valence electrons. The monoisotopic (exact) mass is 341 g/mol. The first-order valence-electron chi connectivity index (χ1n) is 7.75. The lowest BCUT2D eigenvalue weighted by Gasteiger charge is -2.12. The van der Waals surface area contributed by atoms with E-state index in [1.165, 1.54) is 0 Å². The van der Waals surface area contributed by atoms with Gasteiger partial charge in [0.1, 0.15) is 5.69 Å². The fourth-order valence-corrected chi connectivity index (χ4v) is 3.27. The third-order valence-corrected chi connectivity index (χ3v) is 4.33. The Bertz CT molecular complexity index is 860. The lowest BCUT2D eigenvalue weighted by Crippen LogP contribution is -2.16. The van der Waals surface area contributed by atoms with Gasteiger partial charge >= 0.3 is 0 Å². The zero-order valence-corrected chi connectivity index (χ0v) is 14.8. The summed E-state index contributed by atoms with van der Waals surface area (Å²) in [5.41, 5.74) is 3.31. The molecule has 0 bridgehead atoms. The highest BCUT2D eigenvalue weighted by Gasteiger charge is 2.19. The molecule has 24 heavy (non-hydrogen) atoms. The van der Waals surface area contributed by atoms with E-state index in [0.29, 0.717) is 10.7 Å². The fourth-order valence-electron chi connectivity index (χ4n) is 2.90. The molecule has 2 aromatic carbocycles. The molecule has 0 aliphatic carbocycles. The molecule has 1 amide bonds. The van der Waals surface area contributed by atoms with Crippen molar-refractivity contribution >= 4 is 34.1 Å². The van der Waals surface area contributed by atoms with Crippen molar-refractivity contribution in [2.75, 3.05) is 19.4 Å². The van der Waals surface area contributed by atoms with E-state index >= 15 is 0 Å². The van der Waals surface area contributed by atoms with E-state index in [-0.39, 0.29) is 5.91 Å². The minimum Gasteiger partial charge on any atom is -0.338 e. The maximum Gasteiger partial charge on any atom is 0.273 e. The second-order valence-corrected chi connectivity index (χ2v) is 6.51. The summed E-state index contributed by atoms with van der Waals surface area (Å²) in [5, 5.41) is 4.32. The minimum absolute atomic E-state index is 0.208. The first-order valence-corrected chi connectivity index (χ1v) is 8.13. The van der Waals surface area contributed by atoms with Crippen LogP contribution in [-0.4, -0.2) is 29.5 Å². The lowest BCUT2D eigenvalue weighted by molar-refractivity contribution is 0.102. The molecule has 5 heteroatoms. The number of carbonyl (C=O) groups is 1. The van der Waals surface area contributed by atoms with Gasteiger partial charge in [0.25, 0.3) is 5.91 Å². The fraction of sp³-hybridized carbons (Fsp3) is 0.211. The number of carbonyl (C=O) groups excluding carboxylic acids is 1. The molecular formula is C19H20ClN3O. The molecule has 1 N–H and O–H groups in total. The molecule has 0 unspecified atom stereocenters. The van der Waals surface area contributed by atoms with Crippen molar-refractivity contribution in [3.63, 3.8) is 0 Å². The Balaban J connectivity index is 1.91. The predicted molar refractivity (Wildman–Crippen MR) is 99.7 cm³/mol. The molecule has 3 aromatic rings. The van der Waals surface area contributed by atoms with Gasteiger partial charge in [-0.3, -0.25) is 4.79 Å². The molecule has 0 radical (unpaired) electrons. The number of anilines is 1. The molecule has 0 saturated carbocycles. The van der Waals surface area contributed by atoms with E-state index in [2.05, 4.69) is 10.2 Å². The Morgan fingerprint density at radius 1 is 1.17 bits per heavy atom. The van der Waals surface area contributed by atoms with Crippen LogP contribution in [-0.2, 0) is 13.6 Å². The molecule has 4 nitrogen and oxygen atoms in total. The third kappa shape index (κ3) is 3.16. The maximum atomic E-state index is 12.7. The summed E-state index contributed by atoms with van der Waals surface area (Å²) in [7, 11) is 5.88. The number of nitrogens with one attached hydrogen (secondary N) is 1. The standard InChI is InChI=1S/C19H20ClN3O/c1-22(2)12-13-7-6-8-14(11-13)21-19(24)18-17(20)15-9-4-5-10-16(15)23(18)3/h4-11H,12H2,1-3H3,(H,21,24). The Morgan fingerprint density at radius 3 is 2.62 bits per heavy atom. The predicted octanol–water partition coefficient (Wildman–Crippen LogP) is 4.15. The molecule has 0 spiro atoms. The van der Waals surface area contributed by atoms with Crippen LogP contribution in [0.25, 0.3) is 10.9 Å². The van der Waals surface area contributed by atoms with Crippen molar-refractivity contribution < 1.29 is 4.79 Å². The van der Waals surface area contributed by atoms with Crippen molar-refractivity contribution in [1.29, 1.82) is 0 Å². The Labute approximate surface area is 146 Å². The van der Waals surface area contributed by atoms with E-state index in [0.717, 1.165) is 28.7 Å². The minimum atomic E-state index is -0.208. The highest BCUT2D eigenvalue weighted by molar-refractivity contribution is 6.39. The average Bonchev–Trinajstić information content (AvgIpc) is 2.79. The van der Waals surface area contributed by atoms with Gasteiger partial charge < -0.3 is 14.8 Å². The van der Waals surface area contributed by atoms with E-state index in [4.69, 9.17) is 11.6 Å². The van der Waals surface area contributed by atoms with Crippen molar-refractivity contribution in [2.24, 2.45) is 7.05 Å². The SMILES string of the molecule is CN(C)Cc1cccc(NC(=O)c2c(Cl)c3ccccc3n2C)c1. The highest BCUT2D eigenvalue weighted by Crippen LogP contribution is 2.30. The van der Waals surface area contributed by atoms with Crippen LogP contribution in [0, 0.1) is 0 Å². The maximum absolute atomic E-state index is 12.7. The summed E-state index contributed by atoms with van der Waals surface area (Å²) >= 11 is 6.44. The molecule has 0 atom stereocenters. The molecule has 0 aliphatic heterocycles. The summed E-state index contributed by atoms with van der Waals surface area (Å²) < 4.78 is 1.83. The Hall–Kier alpha value is -2.30. The van der Waals surface area contributed by atoms with Gasteiger partial charge in [-0.15, -0.1) is 0 Å². The zero-order chi connectivity index (χ0) is 17.3. The van der Waals surface area contributed by atoms with Gasteiger partial charge in [-0.2, -0.15) is 0 Å². The Morgan fingerprint density at radius 2 is 1.92 bits per heavy atom. The largest absolute Gasteiger partial charge is 0.338 e. The number of hydrogen-bond donors (Lipinski definition) is 1. The van der Waals surface area contributed by atoms with Crippen molar-refractivity contribution in [1.82, 2.24) is 9.47 Å². The smallest absolute Gasteiger partial charge is 0.273 e. The van der Waals surface area contributed by atoms with Crippen LogP contribution in [0.1, 0.15) is 16.1 Å². The second kappa shape index (κ2) is 6.67. The second-order valence-electron chi connectivity index (χ2n) is 6.13.